The minimum absolute atomic E-state index is 0.0603. The molecule has 2 aliphatic heterocycles. The van der Waals surface area contributed by atoms with Crippen LogP contribution in [0, 0.1) is 12.8 Å². The molecule has 4 rings (SSSR count). The Hall–Kier alpha value is -2.34. The molecule has 0 amide bonds. The fourth-order valence-corrected chi connectivity index (χ4v) is 3.45. The van der Waals surface area contributed by atoms with Crippen molar-refractivity contribution in [1.29, 1.82) is 0 Å². The molecule has 0 aliphatic carbocycles. The molecule has 0 bridgehead atoms. The van der Waals surface area contributed by atoms with Gasteiger partial charge in [-0.05, 0) is 51.1 Å². The lowest BCUT2D eigenvalue weighted by molar-refractivity contribution is 0.0826. The van der Waals surface area contributed by atoms with Gasteiger partial charge in [-0.2, -0.15) is 0 Å². The first-order valence-corrected chi connectivity index (χ1v) is 8.76. The summed E-state index contributed by atoms with van der Waals surface area (Å²) in [5, 5.41) is 0. The molecular formula is C19H22N2O4. The van der Waals surface area contributed by atoms with Crippen LogP contribution in [0.2, 0.25) is 0 Å². The van der Waals surface area contributed by atoms with Gasteiger partial charge in [0.25, 0.3) is 0 Å². The number of fused-ring (bicyclic) bond motifs is 1. The van der Waals surface area contributed by atoms with Crippen LogP contribution in [0.15, 0.2) is 28.8 Å². The van der Waals surface area contributed by atoms with Crippen molar-refractivity contribution in [3.8, 4) is 11.5 Å². The molecule has 2 aromatic rings. The van der Waals surface area contributed by atoms with Gasteiger partial charge in [0.05, 0.1) is 12.7 Å². The molecule has 6 heteroatoms. The molecule has 25 heavy (non-hydrogen) atoms. The molecular weight excluding hydrogens is 320 g/mol. The minimum Gasteiger partial charge on any atom is -0.486 e. The molecule has 0 spiro atoms. The molecule has 0 radical (unpaired) electrons. The van der Waals surface area contributed by atoms with Crippen LogP contribution in [-0.4, -0.2) is 42.0 Å². The molecule has 0 unspecified atom stereocenters. The molecule has 2 aliphatic rings. The lowest BCUT2D eigenvalue weighted by Crippen LogP contribution is -2.36. The highest BCUT2D eigenvalue weighted by Gasteiger charge is 2.27. The Labute approximate surface area is 146 Å². The highest BCUT2D eigenvalue weighted by Crippen LogP contribution is 2.32. The van der Waals surface area contributed by atoms with E-state index in [-0.39, 0.29) is 11.7 Å². The highest BCUT2D eigenvalue weighted by atomic mass is 16.6. The molecule has 1 saturated heterocycles. The number of nitrogens with zero attached hydrogens (tertiary/aromatic N) is 2. The number of ketones is 1. The van der Waals surface area contributed by atoms with E-state index in [9.17, 15) is 4.79 Å². The molecule has 1 fully saturated rings. The minimum atomic E-state index is 0.0603. The van der Waals surface area contributed by atoms with Crippen LogP contribution in [0.3, 0.4) is 0 Å². The number of oxazole rings is 1. The Balaban J connectivity index is 1.36. The number of aryl methyl sites for hydroxylation is 1. The number of aromatic nitrogens is 1. The van der Waals surface area contributed by atoms with E-state index in [2.05, 4.69) is 9.88 Å². The van der Waals surface area contributed by atoms with Crippen LogP contribution < -0.4 is 9.47 Å². The van der Waals surface area contributed by atoms with E-state index in [0.717, 1.165) is 43.3 Å². The number of ether oxygens (including phenoxy) is 2. The average Bonchev–Trinajstić information content (AvgIpc) is 3.06. The van der Waals surface area contributed by atoms with Crippen molar-refractivity contribution < 1.29 is 18.7 Å². The number of hydrogen-bond donors (Lipinski definition) is 0. The van der Waals surface area contributed by atoms with E-state index in [1.54, 1.807) is 6.20 Å². The van der Waals surface area contributed by atoms with E-state index >= 15 is 0 Å². The number of likely N-dealkylation sites (tertiary alicyclic amines) is 1. The van der Waals surface area contributed by atoms with E-state index in [1.807, 2.05) is 25.1 Å². The van der Waals surface area contributed by atoms with Crippen molar-refractivity contribution in [1.82, 2.24) is 9.88 Å². The Morgan fingerprint density at radius 1 is 1.20 bits per heavy atom. The number of piperidine rings is 1. The molecule has 0 atom stereocenters. The molecule has 1 aromatic carbocycles. The summed E-state index contributed by atoms with van der Waals surface area (Å²) in [4.78, 5) is 19.4. The zero-order valence-electron chi connectivity index (χ0n) is 14.4. The fourth-order valence-electron chi connectivity index (χ4n) is 3.45. The van der Waals surface area contributed by atoms with Crippen molar-refractivity contribution in [2.24, 2.45) is 5.92 Å². The normalized spacial score (nSPS) is 18.3. The molecule has 1 aromatic heterocycles. The number of benzene rings is 1. The molecule has 3 heterocycles. The maximum Gasteiger partial charge on any atom is 0.208 e. The van der Waals surface area contributed by atoms with Crippen molar-refractivity contribution in [3.63, 3.8) is 0 Å². The van der Waals surface area contributed by atoms with Crippen LogP contribution in [0.25, 0.3) is 0 Å². The third-order valence-electron chi connectivity index (χ3n) is 4.81. The summed E-state index contributed by atoms with van der Waals surface area (Å²) in [6.45, 7) is 5.45. The second-order valence-corrected chi connectivity index (χ2v) is 6.64. The quantitative estimate of drug-likeness (QED) is 0.796. The van der Waals surface area contributed by atoms with Crippen LogP contribution in [0.1, 0.15) is 34.9 Å². The Morgan fingerprint density at radius 3 is 2.68 bits per heavy atom. The van der Waals surface area contributed by atoms with Crippen molar-refractivity contribution in [2.45, 2.75) is 26.3 Å². The van der Waals surface area contributed by atoms with Gasteiger partial charge in [-0.3, -0.25) is 9.69 Å². The van der Waals surface area contributed by atoms with Crippen molar-refractivity contribution >= 4 is 5.78 Å². The summed E-state index contributed by atoms with van der Waals surface area (Å²) in [5.41, 5.74) is 0.714. The molecule has 0 N–H and O–H groups in total. The summed E-state index contributed by atoms with van der Waals surface area (Å²) in [7, 11) is 0. The highest BCUT2D eigenvalue weighted by molar-refractivity contribution is 5.98. The van der Waals surface area contributed by atoms with E-state index in [1.165, 1.54) is 0 Å². The number of hydrogen-bond acceptors (Lipinski definition) is 6. The van der Waals surface area contributed by atoms with Gasteiger partial charge in [-0.1, -0.05) is 0 Å². The number of Topliss-reactive ketones (excluding diaryl/α,β-unsaturated/α-hetero) is 1. The predicted molar refractivity (Wildman–Crippen MR) is 91.0 cm³/mol. The summed E-state index contributed by atoms with van der Waals surface area (Å²) < 4.78 is 16.6. The summed E-state index contributed by atoms with van der Waals surface area (Å²) in [6, 6.07) is 5.50. The maximum atomic E-state index is 12.8. The molecule has 6 nitrogen and oxygen atoms in total. The largest absolute Gasteiger partial charge is 0.486 e. The lowest BCUT2D eigenvalue weighted by Gasteiger charge is -2.30. The predicted octanol–water partition coefficient (Wildman–Crippen LogP) is 2.85. The molecule has 0 saturated carbocycles. The Morgan fingerprint density at radius 2 is 1.96 bits per heavy atom. The first-order chi connectivity index (χ1) is 12.2. The molecule has 132 valence electrons. The van der Waals surface area contributed by atoms with E-state index in [0.29, 0.717) is 31.1 Å². The number of carbonyl (C=O) groups excluding carboxylic acids is 1. The van der Waals surface area contributed by atoms with Gasteiger partial charge in [0.15, 0.2) is 17.3 Å². The zero-order chi connectivity index (χ0) is 17.2. The second-order valence-electron chi connectivity index (χ2n) is 6.64. The van der Waals surface area contributed by atoms with Gasteiger partial charge < -0.3 is 13.9 Å². The van der Waals surface area contributed by atoms with E-state index < -0.39 is 0 Å². The van der Waals surface area contributed by atoms with Gasteiger partial charge in [0.1, 0.15) is 19.0 Å². The van der Waals surface area contributed by atoms with Crippen molar-refractivity contribution in [3.05, 3.63) is 41.6 Å². The Kier molecular flexibility index (Phi) is 4.44. The van der Waals surface area contributed by atoms with Gasteiger partial charge >= 0.3 is 0 Å². The number of rotatable bonds is 4. The summed E-state index contributed by atoms with van der Waals surface area (Å²) in [5.74, 6) is 3.23. The van der Waals surface area contributed by atoms with Gasteiger partial charge in [0.2, 0.25) is 5.89 Å². The van der Waals surface area contributed by atoms with Gasteiger partial charge in [-0.15, -0.1) is 0 Å². The van der Waals surface area contributed by atoms with Crippen LogP contribution in [0.5, 0.6) is 11.5 Å². The Bertz CT molecular complexity index is 763. The van der Waals surface area contributed by atoms with Gasteiger partial charge in [-0.25, -0.2) is 4.98 Å². The van der Waals surface area contributed by atoms with Crippen molar-refractivity contribution in [2.75, 3.05) is 26.3 Å². The smallest absolute Gasteiger partial charge is 0.208 e. The maximum absolute atomic E-state index is 12.8. The van der Waals surface area contributed by atoms with Crippen LogP contribution in [-0.2, 0) is 6.54 Å². The standard InChI is InChI=1S/C19H22N2O4/c1-13-11-20-18(25-13)12-21-6-4-14(5-7-21)19(22)15-2-3-16-17(10-15)24-9-8-23-16/h2-3,10-11,14H,4-9,12H2,1H3. The number of carbonyl (C=O) groups is 1. The average molecular weight is 342 g/mol. The monoisotopic (exact) mass is 342 g/mol. The lowest BCUT2D eigenvalue weighted by atomic mass is 9.88. The SMILES string of the molecule is Cc1cnc(CN2CCC(C(=O)c3ccc4c(c3)OCCO4)CC2)o1. The summed E-state index contributed by atoms with van der Waals surface area (Å²) in [6.07, 6.45) is 3.45. The van der Waals surface area contributed by atoms with E-state index in [4.69, 9.17) is 13.9 Å². The van der Waals surface area contributed by atoms with Crippen LogP contribution in [0.4, 0.5) is 0 Å². The second kappa shape index (κ2) is 6.88. The zero-order valence-corrected chi connectivity index (χ0v) is 14.4. The first kappa shape index (κ1) is 16.1. The third kappa shape index (κ3) is 3.54. The van der Waals surface area contributed by atoms with Crippen LogP contribution >= 0.6 is 0 Å². The third-order valence-corrected chi connectivity index (χ3v) is 4.81. The first-order valence-electron chi connectivity index (χ1n) is 8.76. The van der Waals surface area contributed by atoms with Gasteiger partial charge in [0, 0.05) is 11.5 Å². The fraction of sp³-hybridized carbons (Fsp3) is 0.474. The topological polar surface area (TPSA) is 64.8 Å². The summed E-state index contributed by atoms with van der Waals surface area (Å²) >= 11 is 0.